The molecule has 1 N–H and O–H groups in total. The molecule has 0 aromatic carbocycles. The van der Waals surface area contributed by atoms with Crippen molar-refractivity contribution in [3.63, 3.8) is 0 Å². The van der Waals surface area contributed by atoms with E-state index >= 15 is 0 Å². The van der Waals surface area contributed by atoms with Crippen LogP contribution in [0.3, 0.4) is 0 Å². The van der Waals surface area contributed by atoms with E-state index in [1.807, 2.05) is 0 Å². The summed E-state index contributed by atoms with van der Waals surface area (Å²) in [7, 11) is 0. The van der Waals surface area contributed by atoms with Gasteiger partial charge in [-0.1, -0.05) is 5.18 Å². The van der Waals surface area contributed by atoms with Crippen LogP contribution in [-0.4, -0.2) is 17.1 Å². The lowest BCUT2D eigenvalue weighted by Crippen LogP contribution is -2.58. The second kappa shape index (κ2) is 2.80. The molecule has 0 unspecified atom stereocenters. The number of nitrogens with zero attached hydrogens (tertiary/aromatic N) is 1. The maximum atomic E-state index is 10.5. The molecular weight excluding hydrogens is 152 g/mol. The van der Waals surface area contributed by atoms with Crippen LogP contribution < -0.4 is 5.32 Å². The van der Waals surface area contributed by atoms with Gasteiger partial charge in [0.2, 0.25) is 0 Å². The summed E-state index contributed by atoms with van der Waals surface area (Å²) in [4.78, 5) is 10.5. The van der Waals surface area contributed by atoms with Gasteiger partial charge in [-0.3, -0.25) is 0 Å². The molecule has 0 bridgehead atoms. The van der Waals surface area contributed by atoms with Gasteiger partial charge in [0.05, 0.1) is 6.04 Å². The number of nitroso groups, excluding NO2 is 1. The molecule has 0 aromatic rings. The minimum Gasteiger partial charge on any atom is -0.307 e. The Morgan fingerprint density at radius 1 is 1.17 bits per heavy atom. The third-order valence-corrected chi connectivity index (χ3v) is 2.32. The number of rotatable bonds is 1. The molecule has 70 valence electrons. The molecule has 1 rings (SSSR count). The molecule has 1 saturated heterocycles. The van der Waals surface area contributed by atoms with Crippen LogP contribution in [0, 0.1) is 4.91 Å². The third kappa shape index (κ3) is 2.27. The lowest BCUT2D eigenvalue weighted by Gasteiger charge is -2.44. The number of hydrogen-bond acceptors (Lipinski definition) is 3. The van der Waals surface area contributed by atoms with Gasteiger partial charge in [-0.25, -0.2) is 0 Å². The van der Waals surface area contributed by atoms with E-state index < -0.39 is 0 Å². The van der Waals surface area contributed by atoms with Gasteiger partial charge in [-0.2, -0.15) is 4.91 Å². The van der Waals surface area contributed by atoms with Gasteiger partial charge in [-0.05, 0) is 40.5 Å². The van der Waals surface area contributed by atoms with Crippen molar-refractivity contribution in [3.05, 3.63) is 4.91 Å². The fourth-order valence-electron chi connectivity index (χ4n) is 2.34. The maximum Gasteiger partial charge on any atom is 0.0954 e. The quantitative estimate of drug-likeness (QED) is 0.612. The highest BCUT2D eigenvalue weighted by molar-refractivity contribution is 4.99. The molecule has 1 heterocycles. The van der Waals surface area contributed by atoms with E-state index in [1.54, 1.807) is 0 Å². The Labute approximate surface area is 73.9 Å². The van der Waals surface area contributed by atoms with Crippen LogP contribution in [0.2, 0.25) is 0 Å². The topological polar surface area (TPSA) is 41.5 Å². The van der Waals surface area contributed by atoms with Gasteiger partial charge in [0.25, 0.3) is 0 Å². The van der Waals surface area contributed by atoms with Gasteiger partial charge in [0, 0.05) is 11.1 Å². The molecule has 0 radical (unpaired) electrons. The zero-order chi connectivity index (χ0) is 9.41. The summed E-state index contributed by atoms with van der Waals surface area (Å²) in [6.07, 6.45) is 1.69. The van der Waals surface area contributed by atoms with E-state index in [2.05, 4.69) is 38.2 Å². The minimum absolute atomic E-state index is 0.0174. The summed E-state index contributed by atoms with van der Waals surface area (Å²) in [5, 5.41) is 6.65. The molecule has 0 spiro atoms. The van der Waals surface area contributed by atoms with Crippen molar-refractivity contribution in [2.45, 2.75) is 57.7 Å². The molecule has 0 amide bonds. The fourth-order valence-corrected chi connectivity index (χ4v) is 2.34. The van der Waals surface area contributed by atoms with Crippen LogP contribution in [0.5, 0.6) is 0 Å². The van der Waals surface area contributed by atoms with Gasteiger partial charge in [-0.15, -0.1) is 0 Å². The Balaban J connectivity index is 2.72. The van der Waals surface area contributed by atoms with Crippen LogP contribution in [0.1, 0.15) is 40.5 Å². The molecule has 3 nitrogen and oxygen atoms in total. The largest absolute Gasteiger partial charge is 0.307 e. The Morgan fingerprint density at radius 2 is 1.58 bits per heavy atom. The molecule has 0 aromatic heterocycles. The van der Waals surface area contributed by atoms with Crippen molar-refractivity contribution in [1.82, 2.24) is 5.32 Å². The van der Waals surface area contributed by atoms with Crippen molar-refractivity contribution in [1.29, 1.82) is 0 Å². The van der Waals surface area contributed by atoms with Crippen LogP contribution in [0.25, 0.3) is 0 Å². The molecule has 3 heteroatoms. The summed E-state index contributed by atoms with van der Waals surface area (Å²) in [5.74, 6) is 0. The van der Waals surface area contributed by atoms with E-state index in [1.165, 1.54) is 0 Å². The first-order valence-electron chi connectivity index (χ1n) is 4.46. The molecular formula is C9H18N2O. The second-order valence-electron chi connectivity index (χ2n) is 5.06. The van der Waals surface area contributed by atoms with Gasteiger partial charge < -0.3 is 5.32 Å². The summed E-state index contributed by atoms with van der Waals surface area (Å²) in [6, 6.07) is -0.0174. The zero-order valence-corrected chi connectivity index (χ0v) is 8.35. The molecule has 1 aliphatic heterocycles. The normalized spacial score (nSPS) is 28.3. The minimum atomic E-state index is -0.0174. The first-order chi connectivity index (χ1) is 5.35. The highest BCUT2D eigenvalue weighted by Gasteiger charge is 2.38. The summed E-state index contributed by atoms with van der Waals surface area (Å²) >= 11 is 0. The second-order valence-corrected chi connectivity index (χ2v) is 5.06. The van der Waals surface area contributed by atoms with Crippen LogP contribution in [0.15, 0.2) is 5.18 Å². The van der Waals surface area contributed by atoms with Crippen molar-refractivity contribution in [2.75, 3.05) is 0 Å². The average molecular weight is 170 g/mol. The van der Waals surface area contributed by atoms with Crippen molar-refractivity contribution in [3.8, 4) is 0 Å². The molecule has 12 heavy (non-hydrogen) atoms. The SMILES string of the molecule is CC1(C)CC(N=O)CC(C)(C)N1. The maximum absolute atomic E-state index is 10.5. The zero-order valence-electron chi connectivity index (χ0n) is 8.35. The molecule has 0 atom stereocenters. The number of hydrogen-bond donors (Lipinski definition) is 1. The van der Waals surface area contributed by atoms with E-state index in [9.17, 15) is 4.91 Å². The predicted molar refractivity (Wildman–Crippen MR) is 50.1 cm³/mol. The van der Waals surface area contributed by atoms with E-state index in [0.29, 0.717) is 0 Å². The molecule has 1 fully saturated rings. The lowest BCUT2D eigenvalue weighted by atomic mass is 9.80. The number of nitrogens with one attached hydrogen (secondary N) is 1. The summed E-state index contributed by atoms with van der Waals surface area (Å²) in [5.41, 5.74) is 0.0840. The smallest absolute Gasteiger partial charge is 0.0954 e. The van der Waals surface area contributed by atoms with Crippen LogP contribution in [-0.2, 0) is 0 Å². The third-order valence-electron chi connectivity index (χ3n) is 2.32. The summed E-state index contributed by atoms with van der Waals surface area (Å²) in [6.45, 7) is 8.47. The Kier molecular flexibility index (Phi) is 2.25. The Morgan fingerprint density at radius 3 is 1.92 bits per heavy atom. The predicted octanol–water partition coefficient (Wildman–Crippen LogP) is 2.06. The van der Waals surface area contributed by atoms with E-state index in [0.717, 1.165) is 12.8 Å². The van der Waals surface area contributed by atoms with Gasteiger partial charge >= 0.3 is 0 Å². The van der Waals surface area contributed by atoms with Crippen molar-refractivity contribution in [2.24, 2.45) is 5.18 Å². The molecule has 1 aliphatic rings. The van der Waals surface area contributed by atoms with Gasteiger partial charge in [0.1, 0.15) is 0 Å². The van der Waals surface area contributed by atoms with E-state index in [-0.39, 0.29) is 17.1 Å². The summed E-state index contributed by atoms with van der Waals surface area (Å²) < 4.78 is 0. The molecule has 0 saturated carbocycles. The lowest BCUT2D eigenvalue weighted by molar-refractivity contribution is 0.163. The first kappa shape index (κ1) is 9.65. The van der Waals surface area contributed by atoms with Crippen LogP contribution >= 0.6 is 0 Å². The highest BCUT2D eigenvalue weighted by Crippen LogP contribution is 2.29. The standard InChI is InChI=1S/C9H18N2O/c1-8(2)5-7(10-12)6-9(3,4)11-8/h7,11H,5-6H2,1-4H3. The highest BCUT2D eigenvalue weighted by atomic mass is 16.3. The van der Waals surface area contributed by atoms with Crippen molar-refractivity contribution < 1.29 is 0 Å². The Hall–Kier alpha value is -0.440. The fraction of sp³-hybridized carbons (Fsp3) is 1.00. The molecule has 0 aliphatic carbocycles. The van der Waals surface area contributed by atoms with E-state index in [4.69, 9.17) is 0 Å². The van der Waals surface area contributed by atoms with Gasteiger partial charge in [0.15, 0.2) is 0 Å². The van der Waals surface area contributed by atoms with Crippen molar-refractivity contribution >= 4 is 0 Å². The first-order valence-corrected chi connectivity index (χ1v) is 4.46. The Bertz CT molecular complexity index is 171. The van der Waals surface area contributed by atoms with Crippen LogP contribution in [0.4, 0.5) is 0 Å². The average Bonchev–Trinajstić information content (AvgIpc) is 1.80. The number of piperidine rings is 1. The monoisotopic (exact) mass is 170 g/mol.